The van der Waals surface area contributed by atoms with Gasteiger partial charge in [0.1, 0.15) is 5.82 Å². The van der Waals surface area contributed by atoms with E-state index in [2.05, 4.69) is 48.1 Å². The van der Waals surface area contributed by atoms with Crippen LogP contribution in [0.25, 0.3) is 11.0 Å². The lowest BCUT2D eigenvalue weighted by Gasteiger charge is -2.35. The zero-order valence-electron chi connectivity index (χ0n) is 13.5. The summed E-state index contributed by atoms with van der Waals surface area (Å²) in [6.45, 7) is 5.82. The summed E-state index contributed by atoms with van der Waals surface area (Å²) in [5.74, 6) is 1.10. The summed E-state index contributed by atoms with van der Waals surface area (Å²) in [5, 5.41) is 11.8. The van der Waals surface area contributed by atoms with Crippen molar-refractivity contribution >= 4 is 11.0 Å². The number of aromatic nitrogens is 5. The Morgan fingerprint density at radius 2 is 2.26 bits per heavy atom. The lowest BCUT2D eigenvalue weighted by atomic mass is 10.1. The van der Waals surface area contributed by atoms with Crippen molar-refractivity contribution in [2.45, 2.75) is 19.5 Å². The van der Waals surface area contributed by atoms with Gasteiger partial charge < -0.3 is 9.88 Å². The highest BCUT2D eigenvalue weighted by Crippen LogP contribution is 2.23. The second-order valence-corrected chi connectivity index (χ2v) is 6.15. The molecule has 3 aromatic heterocycles. The summed E-state index contributed by atoms with van der Waals surface area (Å²) in [6, 6.07) is 2.48. The summed E-state index contributed by atoms with van der Waals surface area (Å²) in [7, 11) is 2.05. The van der Waals surface area contributed by atoms with E-state index in [1.165, 1.54) is 5.56 Å². The monoisotopic (exact) mass is 311 g/mol. The summed E-state index contributed by atoms with van der Waals surface area (Å²) < 4.78 is 2.10. The van der Waals surface area contributed by atoms with E-state index in [1.54, 1.807) is 0 Å². The highest BCUT2D eigenvalue weighted by atomic mass is 15.3. The number of piperazine rings is 1. The molecule has 4 rings (SSSR count). The van der Waals surface area contributed by atoms with Gasteiger partial charge in [0.2, 0.25) is 0 Å². The van der Waals surface area contributed by atoms with E-state index in [0.717, 1.165) is 48.7 Å². The molecule has 0 spiro atoms. The van der Waals surface area contributed by atoms with E-state index >= 15 is 0 Å². The minimum Gasteiger partial charge on any atom is -0.337 e. The van der Waals surface area contributed by atoms with Crippen LogP contribution in [0.5, 0.6) is 0 Å². The van der Waals surface area contributed by atoms with Gasteiger partial charge in [-0.3, -0.25) is 10.00 Å². The maximum Gasteiger partial charge on any atom is 0.181 e. The average Bonchev–Trinajstić information content (AvgIpc) is 3.15. The molecule has 0 radical (unpaired) electrons. The van der Waals surface area contributed by atoms with Gasteiger partial charge in [0.15, 0.2) is 5.65 Å². The fraction of sp³-hybridized carbons (Fsp3) is 0.438. The Bertz CT molecular complexity index is 819. The molecule has 1 aliphatic heterocycles. The van der Waals surface area contributed by atoms with Crippen molar-refractivity contribution < 1.29 is 0 Å². The quantitative estimate of drug-likeness (QED) is 0.759. The van der Waals surface area contributed by atoms with E-state index in [4.69, 9.17) is 0 Å². The molecule has 7 heteroatoms. The number of aryl methyl sites for hydroxylation is 2. The molecular formula is C16H21N7. The van der Waals surface area contributed by atoms with Crippen LogP contribution in [0, 0.1) is 6.92 Å². The smallest absolute Gasteiger partial charge is 0.181 e. The maximum atomic E-state index is 4.54. The van der Waals surface area contributed by atoms with Crippen LogP contribution in [0.15, 0.2) is 24.7 Å². The topological polar surface area (TPSA) is 74.7 Å². The molecule has 4 heterocycles. The molecule has 1 atom stereocenters. The van der Waals surface area contributed by atoms with E-state index in [-0.39, 0.29) is 6.04 Å². The Balaban J connectivity index is 1.62. The molecule has 0 amide bonds. The number of imidazole rings is 1. The van der Waals surface area contributed by atoms with Gasteiger partial charge in [0.05, 0.1) is 6.04 Å². The second kappa shape index (κ2) is 5.75. The Hall–Kier alpha value is -2.25. The number of hydrogen-bond donors (Lipinski definition) is 2. The Morgan fingerprint density at radius 3 is 3.09 bits per heavy atom. The number of nitrogens with one attached hydrogen (secondary N) is 2. The SMILES string of the molecule is Cc1[nH]nc2ncc(CN3CCNCC3c3nccn3C)cc12. The van der Waals surface area contributed by atoms with Crippen LogP contribution in [0.2, 0.25) is 0 Å². The Morgan fingerprint density at radius 1 is 1.35 bits per heavy atom. The van der Waals surface area contributed by atoms with E-state index in [1.807, 2.05) is 25.5 Å². The van der Waals surface area contributed by atoms with Crippen molar-refractivity contribution in [3.05, 3.63) is 41.7 Å². The van der Waals surface area contributed by atoms with Crippen LogP contribution < -0.4 is 5.32 Å². The van der Waals surface area contributed by atoms with Crippen molar-refractivity contribution in [1.29, 1.82) is 0 Å². The van der Waals surface area contributed by atoms with Crippen molar-refractivity contribution in [2.24, 2.45) is 7.05 Å². The first-order valence-corrected chi connectivity index (χ1v) is 7.94. The molecule has 3 aromatic rings. The van der Waals surface area contributed by atoms with Gasteiger partial charge in [-0.15, -0.1) is 0 Å². The van der Waals surface area contributed by atoms with Crippen LogP contribution in [0.1, 0.15) is 23.1 Å². The minimum atomic E-state index is 0.282. The van der Waals surface area contributed by atoms with Crippen molar-refractivity contribution in [3.8, 4) is 0 Å². The van der Waals surface area contributed by atoms with E-state index in [0.29, 0.717) is 0 Å². The average molecular weight is 311 g/mol. The lowest BCUT2D eigenvalue weighted by molar-refractivity contribution is 0.144. The standard InChI is InChI=1S/C16H21N7/c1-11-13-7-12(8-19-15(13)21-20-11)10-23-6-3-17-9-14(23)16-18-4-5-22(16)2/h4-5,7-8,14,17H,3,6,9-10H2,1-2H3,(H,19,20,21). The molecular weight excluding hydrogens is 290 g/mol. The van der Waals surface area contributed by atoms with E-state index in [9.17, 15) is 0 Å². The van der Waals surface area contributed by atoms with Gasteiger partial charge in [-0.25, -0.2) is 9.97 Å². The molecule has 23 heavy (non-hydrogen) atoms. The molecule has 0 aliphatic carbocycles. The second-order valence-electron chi connectivity index (χ2n) is 6.15. The molecule has 7 nitrogen and oxygen atoms in total. The Kier molecular flexibility index (Phi) is 3.59. The molecule has 1 fully saturated rings. The first kappa shape index (κ1) is 14.3. The van der Waals surface area contributed by atoms with Crippen LogP contribution >= 0.6 is 0 Å². The van der Waals surface area contributed by atoms with Crippen molar-refractivity contribution in [3.63, 3.8) is 0 Å². The molecule has 1 saturated heterocycles. The van der Waals surface area contributed by atoms with Crippen LogP contribution in [0.3, 0.4) is 0 Å². The molecule has 0 aromatic carbocycles. The maximum absolute atomic E-state index is 4.54. The number of pyridine rings is 1. The van der Waals surface area contributed by atoms with Gasteiger partial charge in [-0.1, -0.05) is 0 Å². The molecule has 120 valence electrons. The summed E-state index contributed by atoms with van der Waals surface area (Å²) in [4.78, 5) is 11.5. The van der Waals surface area contributed by atoms with Crippen LogP contribution in [-0.2, 0) is 13.6 Å². The third-order valence-electron chi connectivity index (χ3n) is 4.55. The number of nitrogens with zero attached hydrogens (tertiary/aromatic N) is 5. The third kappa shape index (κ3) is 2.62. The normalized spacial score (nSPS) is 19.5. The first-order valence-electron chi connectivity index (χ1n) is 7.94. The van der Waals surface area contributed by atoms with Crippen molar-refractivity contribution in [1.82, 2.24) is 34.9 Å². The largest absolute Gasteiger partial charge is 0.337 e. The van der Waals surface area contributed by atoms with Gasteiger partial charge in [-0.05, 0) is 18.6 Å². The van der Waals surface area contributed by atoms with Gasteiger partial charge in [-0.2, -0.15) is 5.10 Å². The molecule has 1 unspecified atom stereocenters. The zero-order chi connectivity index (χ0) is 15.8. The molecule has 0 saturated carbocycles. The number of hydrogen-bond acceptors (Lipinski definition) is 5. The van der Waals surface area contributed by atoms with Crippen LogP contribution in [-0.4, -0.2) is 49.3 Å². The van der Waals surface area contributed by atoms with Gasteiger partial charge in [0, 0.05) is 62.9 Å². The summed E-state index contributed by atoms with van der Waals surface area (Å²) >= 11 is 0. The zero-order valence-corrected chi connectivity index (χ0v) is 13.5. The van der Waals surface area contributed by atoms with Crippen LogP contribution in [0.4, 0.5) is 0 Å². The Labute approximate surface area is 134 Å². The minimum absolute atomic E-state index is 0.282. The highest BCUT2D eigenvalue weighted by Gasteiger charge is 2.26. The summed E-state index contributed by atoms with van der Waals surface area (Å²) in [5.41, 5.74) is 3.06. The number of rotatable bonds is 3. The fourth-order valence-corrected chi connectivity index (χ4v) is 3.27. The fourth-order valence-electron chi connectivity index (χ4n) is 3.27. The third-order valence-corrected chi connectivity index (χ3v) is 4.55. The number of fused-ring (bicyclic) bond motifs is 1. The first-order chi connectivity index (χ1) is 11.2. The molecule has 0 bridgehead atoms. The van der Waals surface area contributed by atoms with Gasteiger partial charge in [0.25, 0.3) is 0 Å². The predicted octanol–water partition coefficient (Wildman–Crippen LogP) is 1.15. The highest BCUT2D eigenvalue weighted by molar-refractivity contribution is 5.77. The van der Waals surface area contributed by atoms with E-state index < -0.39 is 0 Å². The predicted molar refractivity (Wildman–Crippen MR) is 87.9 cm³/mol. The molecule has 1 aliphatic rings. The number of H-pyrrole nitrogens is 1. The van der Waals surface area contributed by atoms with Crippen molar-refractivity contribution in [2.75, 3.05) is 19.6 Å². The summed E-state index contributed by atoms with van der Waals surface area (Å²) in [6.07, 6.45) is 5.80. The molecule has 2 N–H and O–H groups in total. The van der Waals surface area contributed by atoms with Gasteiger partial charge >= 0.3 is 0 Å². The number of aromatic amines is 1. The lowest BCUT2D eigenvalue weighted by Crippen LogP contribution is -2.46.